The summed E-state index contributed by atoms with van der Waals surface area (Å²) in [6.45, 7) is 0. The fourth-order valence-electron chi connectivity index (χ4n) is 2.60. The Hall–Kier alpha value is -1.84. The van der Waals surface area contributed by atoms with Gasteiger partial charge in [-0.2, -0.15) is 5.10 Å². The van der Waals surface area contributed by atoms with Crippen LogP contribution < -0.4 is 5.32 Å². The maximum Gasteiger partial charge on any atom is 0.251 e. The molecule has 0 radical (unpaired) electrons. The van der Waals surface area contributed by atoms with Gasteiger partial charge in [-0.25, -0.2) is 0 Å². The highest BCUT2D eigenvalue weighted by Gasteiger charge is 2.16. The highest BCUT2D eigenvalue weighted by molar-refractivity contribution is 5.97. The third-order valence-corrected chi connectivity index (χ3v) is 3.64. The Bertz CT molecular complexity index is 555. The first-order valence-electron chi connectivity index (χ1n) is 6.57. The van der Waals surface area contributed by atoms with E-state index in [4.69, 9.17) is 0 Å². The minimum Gasteiger partial charge on any atom is -0.349 e. The second-order valence-corrected chi connectivity index (χ2v) is 4.98. The predicted octanol–water partition coefficient (Wildman–Crippen LogP) is 2.63. The van der Waals surface area contributed by atoms with E-state index in [-0.39, 0.29) is 5.91 Å². The molecule has 1 aliphatic rings. The van der Waals surface area contributed by atoms with Crippen LogP contribution in [0.5, 0.6) is 0 Å². The lowest BCUT2D eigenvalue weighted by atomic mass is 9.95. The molecule has 0 bridgehead atoms. The van der Waals surface area contributed by atoms with Crippen LogP contribution in [-0.2, 0) is 0 Å². The van der Waals surface area contributed by atoms with Crippen LogP contribution in [-0.4, -0.2) is 22.1 Å². The van der Waals surface area contributed by atoms with Crippen LogP contribution in [0.2, 0.25) is 0 Å². The number of H-pyrrole nitrogens is 1. The minimum absolute atomic E-state index is 0.0324. The second-order valence-electron chi connectivity index (χ2n) is 4.98. The molecule has 0 unspecified atom stereocenters. The molecule has 1 aromatic heterocycles. The summed E-state index contributed by atoms with van der Waals surface area (Å²) in [5.41, 5.74) is 1.68. The topological polar surface area (TPSA) is 57.8 Å². The Kier molecular flexibility index (Phi) is 3.00. The van der Waals surface area contributed by atoms with Gasteiger partial charge in [0.2, 0.25) is 0 Å². The number of aromatic nitrogens is 2. The number of fused-ring (bicyclic) bond motifs is 1. The van der Waals surface area contributed by atoms with E-state index >= 15 is 0 Å². The molecule has 1 fully saturated rings. The number of hydrogen-bond donors (Lipinski definition) is 2. The molecule has 4 heteroatoms. The SMILES string of the molecule is O=C(NC1CCCCC1)c1ccc2[nH]ncc2c1. The van der Waals surface area contributed by atoms with Crippen molar-refractivity contribution in [1.29, 1.82) is 0 Å². The Labute approximate surface area is 106 Å². The van der Waals surface area contributed by atoms with E-state index in [0.29, 0.717) is 6.04 Å². The third kappa shape index (κ3) is 2.23. The van der Waals surface area contributed by atoms with Crippen molar-refractivity contribution in [2.45, 2.75) is 38.1 Å². The Morgan fingerprint density at radius 3 is 2.94 bits per heavy atom. The number of nitrogens with one attached hydrogen (secondary N) is 2. The van der Waals surface area contributed by atoms with Crippen molar-refractivity contribution in [2.24, 2.45) is 0 Å². The van der Waals surface area contributed by atoms with Crippen molar-refractivity contribution < 1.29 is 4.79 Å². The summed E-state index contributed by atoms with van der Waals surface area (Å²) < 4.78 is 0. The molecule has 0 atom stereocenters. The van der Waals surface area contributed by atoms with E-state index in [1.165, 1.54) is 19.3 Å². The molecule has 1 saturated carbocycles. The van der Waals surface area contributed by atoms with Gasteiger partial charge in [-0.15, -0.1) is 0 Å². The quantitative estimate of drug-likeness (QED) is 0.851. The summed E-state index contributed by atoms with van der Waals surface area (Å²) in [4.78, 5) is 12.1. The lowest BCUT2D eigenvalue weighted by Gasteiger charge is -2.22. The monoisotopic (exact) mass is 243 g/mol. The molecule has 0 saturated heterocycles. The number of carbonyl (C=O) groups is 1. The van der Waals surface area contributed by atoms with E-state index < -0.39 is 0 Å². The van der Waals surface area contributed by atoms with E-state index in [1.54, 1.807) is 6.20 Å². The molecule has 1 aromatic carbocycles. The highest BCUT2D eigenvalue weighted by Crippen LogP contribution is 2.18. The zero-order valence-electron chi connectivity index (χ0n) is 10.3. The summed E-state index contributed by atoms with van der Waals surface area (Å²) >= 11 is 0. The summed E-state index contributed by atoms with van der Waals surface area (Å²) in [5.74, 6) is 0.0324. The maximum absolute atomic E-state index is 12.1. The average Bonchev–Trinajstić information content (AvgIpc) is 2.87. The number of aromatic amines is 1. The van der Waals surface area contributed by atoms with Crippen molar-refractivity contribution >= 4 is 16.8 Å². The standard InChI is InChI=1S/C14H17N3O/c18-14(16-12-4-2-1-3-5-12)10-6-7-13-11(8-10)9-15-17-13/h6-9,12H,1-5H2,(H,15,17)(H,16,18). The highest BCUT2D eigenvalue weighted by atomic mass is 16.1. The third-order valence-electron chi connectivity index (χ3n) is 3.64. The second kappa shape index (κ2) is 4.80. The van der Waals surface area contributed by atoms with Crippen LogP contribution in [0.1, 0.15) is 42.5 Å². The van der Waals surface area contributed by atoms with E-state index in [1.807, 2.05) is 18.2 Å². The van der Waals surface area contributed by atoms with Gasteiger partial charge in [-0.3, -0.25) is 9.89 Å². The van der Waals surface area contributed by atoms with Gasteiger partial charge in [0.25, 0.3) is 5.91 Å². The molecular formula is C14H17N3O. The number of hydrogen-bond acceptors (Lipinski definition) is 2. The molecule has 2 N–H and O–H groups in total. The van der Waals surface area contributed by atoms with Crippen molar-refractivity contribution in [2.75, 3.05) is 0 Å². The van der Waals surface area contributed by atoms with Gasteiger partial charge in [-0.05, 0) is 31.0 Å². The maximum atomic E-state index is 12.1. The lowest BCUT2D eigenvalue weighted by molar-refractivity contribution is 0.0928. The Morgan fingerprint density at radius 2 is 2.11 bits per heavy atom. The summed E-state index contributed by atoms with van der Waals surface area (Å²) in [5, 5.41) is 10.9. The number of carbonyl (C=O) groups excluding carboxylic acids is 1. The molecule has 2 aromatic rings. The average molecular weight is 243 g/mol. The fourth-order valence-corrected chi connectivity index (χ4v) is 2.60. The molecule has 0 spiro atoms. The largest absolute Gasteiger partial charge is 0.349 e. The van der Waals surface area contributed by atoms with Crippen molar-refractivity contribution in [3.05, 3.63) is 30.0 Å². The van der Waals surface area contributed by atoms with Gasteiger partial charge in [0.1, 0.15) is 0 Å². The zero-order chi connectivity index (χ0) is 12.4. The molecule has 3 rings (SSSR count). The van der Waals surface area contributed by atoms with Crippen molar-refractivity contribution in [3.8, 4) is 0 Å². The van der Waals surface area contributed by atoms with Gasteiger partial charge < -0.3 is 5.32 Å². The van der Waals surface area contributed by atoms with Gasteiger partial charge in [0.15, 0.2) is 0 Å². The fraction of sp³-hybridized carbons (Fsp3) is 0.429. The van der Waals surface area contributed by atoms with Crippen LogP contribution in [0.3, 0.4) is 0 Å². The van der Waals surface area contributed by atoms with Crippen LogP contribution in [0.15, 0.2) is 24.4 Å². The molecule has 18 heavy (non-hydrogen) atoms. The molecule has 1 aliphatic carbocycles. The van der Waals surface area contributed by atoms with E-state index in [2.05, 4.69) is 15.5 Å². The first-order valence-corrected chi connectivity index (χ1v) is 6.57. The molecule has 4 nitrogen and oxygen atoms in total. The first kappa shape index (κ1) is 11.3. The number of nitrogens with zero attached hydrogens (tertiary/aromatic N) is 1. The molecule has 1 heterocycles. The molecule has 0 aliphatic heterocycles. The van der Waals surface area contributed by atoms with Gasteiger partial charge in [-0.1, -0.05) is 19.3 Å². The minimum atomic E-state index is 0.0324. The van der Waals surface area contributed by atoms with Crippen LogP contribution in [0.25, 0.3) is 10.9 Å². The zero-order valence-corrected chi connectivity index (χ0v) is 10.3. The number of rotatable bonds is 2. The lowest BCUT2D eigenvalue weighted by Crippen LogP contribution is -2.36. The van der Waals surface area contributed by atoms with Gasteiger partial charge in [0, 0.05) is 17.0 Å². The molecular weight excluding hydrogens is 226 g/mol. The molecule has 94 valence electrons. The van der Waals surface area contributed by atoms with Gasteiger partial charge in [0.05, 0.1) is 11.7 Å². The first-order chi connectivity index (χ1) is 8.83. The van der Waals surface area contributed by atoms with Crippen LogP contribution in [0, 0.1) is 0 Å². The van der Waals surface area contributed by atoms with Crippen molar-refractivity contribution in [3.63, 3.8) is 0 Å². The summed E-state index contributed by atoms with van der Waals surface area (Å²) in [7, 11) is 0. The number of amides is 1. The smallest absolute Gasteiger partial charge is 0.251 e. The van der Waals surface area contributed by atoms with Gasteiger partial charge >= 0.3 is 0 Å². The number of benzene rings is 1. The summed E-state index contributed by atoms with van der Waals surface area (Å²) in [6, 6.07) is 5.99. The Balaban J connectivity index is 1.74. The Morgan fingerprint density at radius 1 is 1.28 bits per heavy atom. The van der Waals surface area contributed by atoms with Crippen molar-refractivity contribution in [1.82, 2.24) is 15.5 Å². The molecule has 1 amide bonds. The predicted molar refractivity (Wildman–Crippen MR) is 70.4 cm³/mol. The van der Waals surface area contributed by atoms with Crippen LogP contribution >= 0.6 is 0 Å². The van der Waals surface area contributed by atoms with E-state index in [9.17, 15) is 4.79 Å². The normalized spacial score (nSPS) is 16.9. The van der Waals surface area contributed by atoms with E-state index in [0.717, 1.165) is 29.3 Å². The summed E-state index contributed by atoms with van der Waals surface area (Å²) in [6.07, 6.45) is 7.72. The van der Waals surface area contributed by atoms with Crippen LogP contribution in [0.4, 0.5) is 0 Å².